The van der Waals surface area contributed by atoms with E-state index in [-0.39, 0.29) is 5.69 Å². The van der Waals surface area contributed by atoms with E-state index in [1.807, 2.05) is 6.07 Å². The number of halogens is 1. The number of nitrogens with zero attached hydrogens (tertiary/aromatic N) is 2. The molecule has 5 nitrogen and oxygen atoms in total. The molecule has 0 bridgehead atoms. The second-order valence-electron chi connectivity index (χ2n) is 5.87. The van der Waals surface area contributed by atoms with Gasteiger partial charge in [-0.3, -0.25) is 15.0 Å². The number of non-ortho nitro benzene ring substituents is 1. The third-order valence-corrected chi connectivity index (χ3v) is 4.65. The summed E-state index contributed by atoms with van der Waals surface area (Å²) in [6, 6.07) is 12.9. The number of hydrogen-bond donors (Lipinski definition) is 1. The van der Waals surface area contributed by atoms with Crippen LogP contribution in [-0.2, 0) is 19.6 Å². The van der Waals surface area contributed by atoms with Gasteiger partial charge in [-0.05, 0) is 35.8 Å². The molecule has 0 aliphatic carbocycles. The van der Waals surface area contributed by atoms with Crippen LogP contribution in [0.15, 0.2) is 42.5 Å². The fraction of sp³-hybridized carbons (Fsp3) is 0.368. The lowest BCUT2D eigenvalue weighted by atomic mass is 10.1. The first-order valence-corrected chi connectivity index (χ1v) is 8.85. The van der Waals surface area contributed by atoms with Crippen molar-refractivity contribution >= 4 is 17.3 Å². The lowest BCUT2D eigenvalue weighted by molar-refractivity contribution is -0.384. The van der Waals surface area contributed by atoms with Gasteiger partial charge in [-0.1, -0.05) is 49.7 Å². The van der Waals surface area contributed by atoms with E-state index in [4.69, 9.17) is 11.6 Å². The first-order valence-electron chi connectivity index (χ1n) is 8.47. The van der Waals surface area contributed by atoms with Crippen molar-refractivity contribution in [3.05, 3.63) is 74.3 Å². The van der Waals surface area contributed by atoms with Gasteiger partial charge < -0.3 is 5.32 Å². The maximum absolute atomic E-state index is 10.9. The molecule has 0 atom stereocenters. The van der Waals surface area contributed by atoms with E-state index < -0.39 is 4.92 Å². The normalized spacial score (nSPS) is 11.0. The second-order valence-corrected chi connectivity index (χ2v) is 6.27. The molecule has 0 aromatic heterocycles. The number of benzene rings is 2. The molecular weight excluding hydrogens is 338 g/mol. The standard InChI is InChI=1S/C19H24ClN3O2/c1-3-22(4-2)14-16-8-6-5-7-15(16)12-21-13-17-11-18(23(24)25)9-10-19(17)20/h5-11,21H,3-4,12-14H2,1-2H3. The zero-order valence-corrected chi connectivity index (χ0v) is 15.4. The predicted molar refractivity (Wildman–Crippen MR) is 102 cm³/mol. The summed E-state index contributed by atoms with van der Waals surface area (Å²) in [5.74, 6) is 0. The quantitative estimate of drug-likeness (QED) is 0.532. The molecule has 134 valence electrons. The highest BCUT2D eigenvalue weighted by Crippen LogP contribution is 2.22. The molecule has 0 aliphatic heterocycles. The zero-order valence-electron chi connectivity index (χ0n) is 14.7. The average molecular weight is 362 g/mol. The molecule has 0 spiro atoms. The minimum atomic E-state index is -0.404. The van der Waals surface area contributed by atoms with Gasteiger partial charge in [-0.15, -0.1) is 0 Å². The zero-order chi connectivity index (χ0) is 18.2. The number of hydrogen-bond acceptors (Lipinski definition) is 4. The number of nitrogens with one attached hydrogen (secondary N) is 1. The van der Waals surface area contributed by atoms with Crippen LogP contribution < -0.4 is 5.32 Å². The monoisotopic (exact) mass is 361 g/mol. The second kappa shape index (κ2) is 9.51. The van der Waals surface area contributed by atoms with E-state index in [9.17, 15) is 10.1 Å². The third-order valence-electron chi connectivity index (χ3n) is 4.28. The molecule has 0 saturated heterocycles. The van der Waals surface area contributed by atoms with Crippen LogP contribution in [0.3, 0.4) is 0 Å². The molecule has 2 aromatic rings. The molecule has 0 fully saturated rings. The van der Waals surface area contributed by atoms with Gasteiger partial charge in [-0.25, -0.2) is 0 Å². The fourth-order valence-electron chi connectivity index (χ4n) is 2.71. The molecule has 2 rings (SSSR count). The summed E-state index contributed by atoms with van der Waals surface area (Å²) in [4.78, 5) is 12.9. The lowest BCUT2D eigenvalue weighted by Crippen LogP contribution is -2.23. The summed E-state index contributed by atoms with van der Waals surface area (Å²) in [6.45, 7) is 8.45. The van der Waals surface area contributed by atoms with Crippen LogP contribution in [0, 0.1) is 10.1 Å². The Morgan fingerprint density at radius 2 is 1.68 bits per heavy atom. The number of nitro groups is 1. The van der Waals surface area contributed by atoms with Gasteiger partial charge in [0.2, 0.25) is 0 Å². The largest absolute Gasteiger partial charge is 0.309 e. The Hall–Kier alpha value is -1.95. The van der Waals surface area contributed by atoms with Crippen molar-refractivity contribution < 1.29 is 4.92 Å². The maximum Gasteiger partial charge on any atom is 0.269 e. The number of rotatable bonds is 9. The van der Waals surface area contributed by atoms with Crippen molar-refractivity contribution in [2.45, 2.75) is 33.5 Å². The highest BCUT2D eigenvalue weighted by atomic mass is 35.5. The Kier molecular flexibility index (Phi) is 7.37. The number of nitro benzene ring substituents is 1. The van der Waals surface area contributed by atoms with E-state index in [1.54, 1.807) is 6.07 Å². The molecule has 0 radical (unpaired) electrons. The van der Waals surface area contributed by atoms with Gasteiger partial charge in [0.1, 0.15) is 0 Å². The molecule has 25 heavy (non-hydrogen) atoms. The van der Waals surface area contributed by atoms with Crippen LogP contribution in [0.4, 0.5) is 5.69 Å². The summed E-state index contributed by atoms with van der Waals surface area (Å²) in [5.41, 5.74) is 3.32. The third kappa shape index (κ3) is 5.53. The van der Waals surface area contributed by atoms with E-state index in [0.29, 0.717) is 18.1 Å². The predicted octanol–water partition coefficient (Wildman–Crippen LogP) is 4.38. The molecule has 0 heterocycles. The molecule has 1 N–H and O–H groups in total. The van der Waals surface area contributed by atoms with Crippen LogP contribution in [-0.4, -0.2) is 22.9 Å². The van der Waals surface area contributed by atoms with Gasteiger partial charge in [0.25, 0.3) is 5.69 Å². The van der Waals surface area contributed by atoms with Crippen molar-refractivity contribution in [1.29, 1.82) is 0 Å². The minimum absolute atomic E-state index is 0.0585. The van der Waals surface area contributed by atoms with Crippen molar-refractivity contribution in [3.8, 4) is 0 Å². The van der Waals surface area contributed by atoms with Crippen LogP contribution in [0.5, 0.6) is 0 Å². The highest BCUT2D eigenvalue weighted by Gasteiger charge is 2.10. The Bertz CT molecular complexity index is 718. The van der Waals surface area contributed by atoms with Crippen molar-refractivity contribution in [3.63, 3.8) is 0 Å². The summed E-state index contributed by atoms with van der Waals surface area (Å²) in [7, 11) is 0. The van der Waals surface area contributed by atoms with Crippen molar-refractivity contribution in [2.75, 3.05) is 13.1 Å². The van der Waals surface area contributed by atoms with Gasteiger partial charge >= 0.3 is 0 Å². The lowest BCUT2D eigenvalue weighted by Gasteiger charge is -2.20. The fourth-order valence-corrected chi connectivity index (χ4v) is 2.90. The van der Waals surface area contributed by atoms with Crippen molar-refractivity contribution in [2.24, 2.45) is 0 Å². The average Bonchev–Trinajstić information content (AvgIpc) is 2.62. The van der Waals surface area contributed by atoms with E-state index in [2.05, 4.69) is 42.3 Å². The summed E-state index contributed by atoms with van der Waals surface area (Å²) >= 11 is 6.15. The first-order chi connectivity index (χ1) is 12.0. The Balaban J connectivity index is 2.03. The van der Waals surface area contributed by atoms with E-state index >= 15 is 0 Å². The molecule has 0 aliphatic rings. The smallest absolute Gasteiger partial charge is 0.269 e. The van der Waals surface area contributed by atoms with E-state index in [0.717, 1.165) is 25.2 Å². The van der Waals surface area contributed by atoms with Gasteiger partial charge in [0, 0.05) is 36.8 Å². The molecule has 0 amide bonds. The van der Waals surface area contributed by atoms with Crippen molar-refractivity contribution in [1.82, 2.24) is 10.2 Å². The highest BCUT2D eigenvalue weighted by molar-refractivity contribution is 6.31. The van der Waals surface area contributed by atoms with Crippen LogP contribution in [0.25, 0.3) is 0 Å². The molecular formula is C19H24ClN3O2. The topological polar surface area (TPSA) is 58.4 Å². The molecule has 2 aromatic carbocycles. The van der Waals surface area contributed by atoms with Gasteiger partial charge in [0.05, 0.1) is 4.92 Å². The van der Waals surface area contributed by atoms with Gasteiger partial charge in [0.15, 0.2) is 0 Å². The molecule has 6 heteroatoms. The Morgan fingerprint density at radius 1 is 1.04 bits per heavy atom. The van der Waals surface area contributed by atoms with Crippen LogP contribution in [0.2, 0.25) is 5.02 Å². The Labute approximate surface area is 153 Å². The molecule has 0 saturated carbocycles. The molecule has 0 unspecified atom stereocenters. The minimum Gasteiger partial charge on any atom is -0.309 e. The Morgan fingerprint density at radius 3 is 2.32 bits per heavy atom. The van der Waals surface area contributed by atoms with Gasteiger partial charge in [-0.2, -0.15) is 0 Å². The first kappa shape index (κ1) is 19.4. The maximum atomic E-state index is 10.9. The van der Waals surface area contributed by atoms with Crippen LogP contribution >= 0.6 is 11.6 Å². The summed E-state index contributed by atoms with van der Waals surface area (Å²) < 4.78 is 0. The van der Waals surface area contributed by atoms with Crippen LogP contribution in [0.1, 0.15) is 30.5 Å². The summed E-state index contributed by atoms with van der Waals surface area (Å²) in [6.07, 6.45) is 0. The van der Waals surface area contributed by atoms with E-state index in [1.165, 1.54) is 23.3 Å². The summed E-state index contributed by atoms with van der Waals surface area (Å²) in [5, 5.41) is 14.8. The SMILES string of the molecule is CCN(CC)Cc1ccccc1CNCc1cc([N+](=O)[O-])ccc1Cl.